The first kappa shape index (κ1) is 11.5. The van der Waals surface area contributed by atoms with Crippen LogP contribution in [0.1, 0.15) is 25.3 Å². The fourth-order valence-electron chi connectivity index (χ4n) is 2.85. The molecule has 1 aliphatic carbocycles. The highest BCUT2D eigenvalue weighted by Gasteiger charge is 2.28. The van der Waals surface area contributed by atoms with Gasteiger partial charge in [0.25, 0.3) is 0 Å². The Hall–Kier alpha value is -1.62. The Morgan fingerprint density at radius 3 is 3.00 bits per heavy atom. The van der Waals surface area contributed by atoms with Gasteiger partial charge in [0.2, 0.25) is 5.95 Å². The van der Waals surface area contributed by atoms with Crippen LogP contribution in [-0.4, -0.2) is 22.8 Å². The highest BCUT2D eigenvalue weighted by molar-refractivity contribution is 5.79. The van der Waals surface area contributed by atoms with Gasteiger partial charge in [-0.15, -0.1) is 0 Å². The van der Waals surface area contributed by atoms with Crippen molar-refractivity contribution < 1.29 is 9.13 Å². The first-order chi connectivity index (χ1) is 8.70. The lowest BCUT2D eigenvalue weighted by atomic mass is 10.2. The SMILES string of the molecule is COC1CCC(n2c(N)nc3c(F)cccc32)C1. The van der Waals surface area contributed by atoms with Crippen molar-refractivity contribution in [1.82, 2.24) is 9.55 Å². The number of anilines is 1. The number of aromatic nitrogens is 2. The maximum atomic E-state index is 13.7. The van der Waals surface area contributed by atoms with E-state index in [1.165, 1.54) is 6.07 Å². The predicted octanol–water partition coefficient (Wildman–Crippen LogP) is 2.50. The fourth-order valence-corrected chi connectivity index (χ4v) is 2.85. The molecule has 1 aliphatic rings. The van der Waals surface area contributed by atoms with Crippen LogP contribution in [-0.2, 0) is 4.74 Å². The minimum absolute atomic E-state index is 0.252. The molecule has 0 spiro atoms. The first-order valence-electron chi connectivity index (χ1n) is 6.15. The lowest BCUT2D eigenvalue weighted by Crippen LogP contribution is -2.11. The number of fused-ring (bicyclic) bond motifs is 1. The highest BCUT2D eigenvalue weighted by Crippen LogP contribution is 2.36. The molecule has 0 saturated heterocycles. The second kappa shape index (κ2) is 4.24. The number of hydrogen-bond acceptors (Lipinski definition) is 3. The Morgan fingerprint density at radius 1 is 1.44 bits per heavy atom. The number of halogens is 1. The van der Waals surface area contributed by atoms with E-state index < -0.39 is 0 Å². The van der Waals surface area contributed by atoms with E-state index in [2.05, 4.69) is 4.98 Å². The van der Waals surface area contributed by atoms with Crippen LogP contribution in [0.25, 0.3) is 11.0 Å². The van der Waals surface area contributed by atoms with Crippen LogP contribution in [0.3, 0.4) is 0 Å². The van der Waals surface area contributed by atoms with Gasteiger partial charge in [-0.25, -0.2) is 9.37 Å². The minimum atomic E-state index is -0.320. The highest BCUT2D eigenvalue weighted by atomic mass is 19.1. The molecule has 2 N–H and O–H groups in total. The fraction of sp³-hybridized carbons (Fsp3) is 0.462. The summed E-state index contributed by atoms with van der Waals surface area (Å²) in [5, 5.41) is 0. The summed E-state index contributed by atoms with van der Waals surface area (Å²) in [5.74, 6) is 0.0658. The molecule has 96 valence electrons. The van der Waals surface area contributed by atoms with Crippen molar-refractivity contribution in [2.45, 2.75) is 31.4 Å². The average molecular weight is 249 g/mol. The van der Waals surface area contributed by atoms with Gasteiger partial charge < -0.3 is 15.0 Å². The monoisotopic (exact) mass is 249 g/mol. The maximum Gasteiger partial charge on any atom is 0.201 e. The molecule has 0 amide bonds. The van der Waals surface area contributed by atoms with E-state index in [0.717, 1.165) is 24.8 Å². The van der Waals surface area contributed by atoms with Crippen molar-refractivity contribution in [3.63, 3.8) is 0 Å². The van der Waals surface area contributed by atoms with Crippen LogP contribution in [0.15, 0.2) is 18.2 Å². The Kier molecular flexibility index (Phi) is 2.70. The zero-order valence-electron chi connectivity index (χ0n) is 10.3. The molecule has 1 aromatic heterocycles. The van der Waals surface area contributed by atoms with Gasteiger partial charge in [0.1, 0.15) is 5.52 Å². The van der Waals surface area contributed by atoms with Crippen molar-refractivity contribution in [2.75, 3.05) is 12.8 Å². The molecule has 4 nitrogen and oxygen atoms in total. The van der Waals surface area contributed by atoms with E-state index in [-0.39, 0.29) is 18.0 Å². The second-order valence-electron chi connectivity index (χ2n) is 4.77. The smallest absolute Gasteiger partial charge is 0.201 e. The molecular weight excluding hydrogens is 233 g/mol. The predicted molar refractivity (Wildman–Crippen MR) is 67.8 cm³/mol. The molecule has 2 atom stereocenters. The molecule has 1 saturated carbocycles. The van der Waals surface area contributed by atoms with Crippen LogP contribution in [0.2, 0.25) is 0 Å². The summed E-state index contributed by atoms with van der Waals surface area (Å²) in [6, 6.07) is 5.22. The molecular formula is C13H16FN3O. The van der Waals surface area contributed by atoms with E-state index in [1.807, 2.05) is 10.6 Å². The molecule has 0 radical (unpaired) electrons. The normalized spacial score (nSPS) is 23.9. The van der Waals surface area contributed by atoms with Gasteiger partial charge in [-0.3, -0.25) is 0 Å². The van der Waals surface area contributed by atoms with Crippen molar-refractivity contribution in [3.8, 4) is 0 Å². The Morgan fingerprint density at radius 2 is 2.28 bits per heavy atom. The van der Waals surface area contributed by atoms with Gasteiger partial charge in [-0.05, 0) is 31.4 Å². The molecule has 1 fully saturated rings. The summed E-state index contributed by atoms with van der Waals surface area (Å²) in [6.45, 7) is 0. The topological polar surface area (TPSA) is 53.1 Å². The number of rotatable bonds is 2. The van der Waals surface area contributed by atoms with Gasteiger partial charge in [0.15, 0.2) is 5.82 Å². The molecule has 0 bridgehead atoms. The van der Waals surface area contributed by atoms with Crippen molar-refractivity contribution in [3.05, 3.63) is 24.0 Å². The molecule has 2 aromatic rings. The average Bonchev–Trinajstić information content (AvgIpc) is 2.93. The number of nitrogens with zero attached hydrogens (tertiary/aromatic N) is 2. The molecule has 0 aliphatic heterocycles. The minimum Gasteiger partial charge on any atom is -0.381 e. The van der Waals surface area contributed by atoms with Gasteiger partial charge in [-0.2, -0.15) is 0 Å². The third-order valence-electron chi connectivity index (χ3n) is 3.75. The third kappa shape index (κ3) is 1.66. The van der Waals surface area contributed by atoms with E-state index in [1.54, 1.807) is 13.2 Å². The summed E-state index contributed by atoms with van der Waals surface area (Å²) >= 11 is 0. The maximum absolute atomic E-state index is 13.7. The van der Waals surface area contributed by atoms with Crippen LogP contribution in [0.4, 0.5) is 10.3 Å². The van der Waals surface area contributed by atoms with Gasteiger partial charge in [0.05, 0.1) is 11.6 Å². The van der Waals surface area contributed by atoms with Crippen molar-refractivity contribution >= 4 is 17.0 Å². The summed E-state index contributed by atoms with van der Waals surface area (Å²) in [6.07, 6.45) is 3.17. The van der Waals surface area contributed by atoms with E-state index >= 15 is 0 Å². The quantitative estimate of drug-likeness (QED) is 0.889. The molecule has 18 heavy (non-hydrogen) atoms. The second-order valence-corrected chi connectivity index (χ2v) is 4.77. The van der Waals surface area contributed by atoms with Crippen LogP contribution < -0.4 is 5.73 Å². The van der Waals surface area contributed by atoms with E-state index in [9.17, 15) is 4.39 Å². The zero-order valence-corrected chi connectivity index (χ0v) is 10.3. The summed E-state index contributed by atoms with van der Waals surface area (Å²) in [4.78, 5) is 4.13. The standard InChI is InChI=1S/C13H16FN3O/c1-18-9-6-5-8(7-9)17-11-4-2-3-10(14)12(11)16-13(17)15/h2-4,8-9H,5-7H2,1H3,(H2,15,16). The third-order valence-corrected chi connectivity index (χ3v) is 3.75. The Bertz CT molecular complexity index is 581. The molecule has 3 rings (SSSR count). The number of methoxy groups -OCH3 is 1. The number of para-hydroxylation sites is 1. The van der Waals surface area contributed by atoms with Crippen LogP contribution in [0.5, 0.6) is 0 Å². The molecule has 2 unspecified atom stereocenters. The Balaban J connectivity index is 2.07. The first-order valence-corrected chi connectivity index (χ1v) is 6.15. The summed E-state index contributed by atoms with van der Waals surface area (Å²) < 4.78 is 21.0. The van der Waals surface area contributed by atoms with Crippen LogP contribution in [0, 0.1) is 5.82 Å². The van der Waals surface area contributed by atoms with Crippen LogP contribution >= 0.6 is 0 Å². The summed E-state index contributed by atoms with van der Waals surface area (Å²) in [5.41, 5.74) is 7.06. The number of nitrogens with two attached hydrogens (primary N) is 1. The number of nitrogen functional groups attached to an aromatic ring is 1. The number of benzene rings is 1. The molecule has 1 aromatic carbocycles. The van der Waals surface area contributed by atoms with Gasteiger partial charge in [-0.1, -0.05) is 6.07 Å². The lowest BCUT2D eigenvalue weighted by Gasteiger charge is -2.15. The van der Waals surface area contributed by atoms with Crippen molar-refractivity contribution in [2.24, 2.45) is 0 Å². The van der Waals surface area contributed by atoms with Gasteiger partial charge >= 0.3 is 0 Å². The molecule has 1 heterocycles. The Labute approximate surface area is 105 Å². The largest absolute Gasteiger partial charge is 0.381 e. The van der Waals surface area contributed by atoms with Crippen molar-refractivity contribution in [1.29, 1.82) is 0 Å². The number of ether oxygens (including phenoxy) is 1. The number of imidazole rings is 1. The van der Waals surface area contributed by atoms with E-state index in [0.29, 0.717) is 11.5 Å². The summed E-state index contributed by atoms with van der Waals surface area (Å²) in [7, 11) is 1.72. The van der Waals surface area contributed by atoms with E-state index in [4.69, 9.17) is 10.5 Å². The zero-order chi connectivity index (χ0) is 12.7. The molecule has 5 heteroatoms. The van der Waals surface area contributed by atoms with Gasteiger partial charge in [0, 0.05) is 13.2 Å². The lowest BCUT2D eigenvalue weighted by molar-refractivity contribution is 0.106. The number of hydrogen-bond donors (Lipinski definition) is 1.